The first-order chi connectivity index (χ1) is 14.0. The fraction of sp³-hybridized carbons (Fsp3) is 0.208. The van der Waals surface area contributed by atoms with Gasteiger partial charge in [0.05, 0.1) is 0 Å². The lowest BCUT2D eigenvalue weighted by atomic mass is 10.2. The van der Waals surface area contributed by atoms with Crippen molar-refractivity contribution < 1.29 is 4.79 Å². The number of urea groups is 1. The van der Waals surface area contributed by atoms with Crippen LogP contribution in [0.25, 0.3) is 0 Å². The summed E-state index contributed by atoms with van der Waals surface area (Å²) in [5.41, 5.74) is 5.29. The van der Waals surface area contributed by atoms with Crippen LogP contribution in [0, 0.1) is 0 Å². The number of benzene rings is 3. The highest BCUT2D eigenvalue weighted by Crippen LogP contribution is 2.19. The van der Waals surface area contributed by atoms with Gasteiger partial charge in [-0.15, -0.1) is 0 Å². The Morgan fingerprint density at radius 1 is 0.793 bits per heavy atom. The number of nitrogens with zero attached hydrogens (tertiary/aromatic N) is 2. The molecule has 0 aromatic heterocycles. The van der Waals surface area contributed by atoms with E-state index in [-0.39, 0.29) is 6.03 Å². The smallest absolute Gasteiger partial charge is 0.319 e. The zero-order valence-electron chi connectivity index (χ0n) is 17.2. The maximum atomic E-state index is 12.2. The van der Waals surface area contributed by atoms with Crippen molar-refractivity contribution in [3.63, 3.8) is 0 Å². The SMILES string of the molecule is CN(C)c1cccc(CNC(=O)Nc2ccc(N(C)Cc3ccccc3)cc2)c1. The van der Waals surface area contributed by atoms with Crippen molar-refractivity contribution in [2.75, 3.05) is 36.3 Å². The fourth-order valence-corrected chi connectivity index (χ4v) is 3.05. The standard InChI is InChI=1S/C24H28N4O/c1-27(2)23-11-7-10-20(16-23)17-25-24(29)26-21-12-14-22(15-13-21)28(3)18-19-8-5-4-6-9-19/h4-16H,17-18H2,1-3H3,(H2,25,26,29). The van der Waals surface area contributed by atoms with Crippen LogP contribution in [0.3, 0.4) is 0 Å². The monoisotopic (exact) mass is 388 g/mol. The van der Waals surface area contributed by atoms with E-state index in [1.54, 1.807) is 0 Å². The molecule has 3 rings (SSSR count). The minimum Gasteiger partial charge on any atom is -0.378 e. The third-order valence-corrected chi connectivity index (χ3v) is 4.71. The molecule has 0 saturated heterocycles. The van der Waals surface area contributed by atoms with Crippen LogP contribution >= 0.6 is 0 Å². The average molecular weight is 389 g/mol. The zero-order chi connectivity index (χ0) is 20.6. The second-order valence-corrected chi connectivity index (χ2v) is 7.26. The van der Waals surface area contributed by atoms with Crippen LogP contribution in [0.5, 0.6) is 0 Å². The van der Waals surface area contributed by atoms with Crippen LogP contribution in [0.4, 0.5) is 21.9 Å². The Morgan fingerprint density at radius 2 is 1.48 bits per heavy atom. The fourth-order valence-electron chi connectivity index (χ4n) is 3.05. The van der Waals surface area contributed by atoms with E-state index in [1.807, 2.05) is 79.7 Å². The molecule has 0 unspecified atom stereocenters. The summed E-state index contributed by atoms with van der Waals surface area (Å²) in [5, 5.41) is 5.79. The highest BCUT2D eigenvalue weighted by molar-refractivity contribution is 5.89. The Morgan fingerprint density at radius 3 is 2.17 bits per heavy atom. The Balaban J connectivity index is 1.51. The van der Waals surface area contributed by atoms with Gasteiger partial charge in [-0.3, -0.25) is 0 Å². The van der Waals surface area contributed by atoms with Crippen molar-refractivity contribution >= 4 is 23.1 Å². The molecule has 0 bridgehead atoms. The van der Waals surface area contributed by atoms with E-state index in [1.165, 1.54) is 5.56 Å². The van der Waals surface area contributed by atoms with E-state index in [9.17, 15) is 4.79 Å². The second kappa shape index (κ2) is 9.64. The molecule has 0 radical (unpaired) electrons. The molecule has 5 heteroatoms. The predicted molar refractivity (Wildman–Crippen MR) is 122 cm³/mol. The molecule has 0 saturated carbocycles. The molecule has 0 aliphatic carbocycles. The average Bonchev–Trinajstić information content (AvgIpc) is 2.73. The van der Waals surface area contributed by atoms with Gasteiger partial charge in [-0.1, -0.05) is 42.5 Å². The zero-order valence-corrected chi connectivity index (χ0v) is 17.2. The van der Waals surface area contributed by atoms with E-state index >= 15 is 0 Å². The van der Waals surface area contributed by atoms with Crippen molar-refractivity contribution in [2.45, 2.75) is 13.1 Å². The molecule has 0 aliphatic heterocycles. The maximum absolute atomic E-state index is 12.2. The van der Waals surface area contributed by atoms with Crippen molar-refractivity contribution in [3.8, 4) is 0 Å². The van der Waals surface area contributed by atoms with Crippen molar-refractivity contribution in [1.29, 1.82) is 0 Å². The minimum absolute atomic E-state index is 0.217. The molecule has 2 amide bonds. The summed E-state index contributed by atoms with van der Waals surface area (Å²) in [6, 6.07) is 26.1. The number of hydrogen-bond donors (Lipinski definition) is 2. The van der Waals surface area contributed by atoms with Crippen molar-refractivity contribution in [3.05, 3.63) is 90.0 Å². The number of carbonyl (C=O) groups is 1. The van der Waals surface area contributed by atoms with E-state index < -0.39 is 0 Å². The predicted octanol–water partition coefficient (Wildman–Crippen LogP) is 4.71. The number of hydrogen-bond acceptors (Lipinski definition) is 3. The topological polar surface area (TPSA) is 47.6 Å². The van der Waals surface area contributed by atoms with Crippen LogP contribution in [0.1, 0.15) is 11.1 Å². The van der Waals surface area contributed by atoms with Gasteiger partial charge in [0.2, 0.25) is 0 Å². The largest absolute Gasteiger partial charge is 0.378 e. The van der Waals surface area contributed by atoms with Crippen molar-refractivity contribution in [1.82, 2.24) is 5.32 Å². The second-order valence-electron chi connectivity index (χ2n) is 7.26. The van der Waals surface area contributed by atoms with E-state index in [4.69, 9.17) is 0 Å². The summed E-state index contributed by atoms with van der Waals surface area (Å²) in [4.78, 5) is 16.4. The summed E-state index contributed by atoms with van der Waals surface area (Å²) < 4.78 is 0. The quantitative estimate of drug-likeness (QED) is 0.616. The summed E-state index contributed by atoms with van der Waals surface area (Å²) in [5.74, 6) is 0. The van der Waals surface area contributed by atoms with Gasteiger partial charge in [0, 0.05) is 51.3 Å². The Bertz CT molecular complexity index is 923. The number of anilines is 3. The van der Waals surface area contributed by atoms with Gasteiger partial charge in [0.25, 0.3) is 0 Å². The van der Waals surface area contributed by atoms with Crippen LogP contribution in [-0.4, -0.2) is 27.2 Å². The minimum atomic E-state index is -0.217. The van der Waals surface area contributed by atoms with Crippen LogP contribution in [-0.2, 0) is 13.1 Å². The lowest BCUT2D eigenvalue weighted by molar-refractivity contribution is 0.251. The number of amides is 2. The molecule has 0 spiro atoms. The lowest BCUT2D eigenvalue weighted by Gasteiger charge is -2.20. The molecule has 2 N–H and O–H groups in total. The molecular formula is C24H28N4O. The summed E-state index contributed by atoms with van der Waals surface area (Å²) in [6.45, 7) is 1.31. The normalized spacial score (nSPS) is 10.3. The Hall–Kier alpha value is -3.47. The molecule has 3 aromatic carbocycles. The third-order valence-electron chi connectivity index (χ3n) is 4.71. The van der Waals surface area contributed by atoms with E-state index in [0.29, 0.717) is 6.54 Å². The first-order valence-corrected chi connectivity index (χ1v) is 9.67. The maximum Gasteiger partial charge on any atom is 0.319 e. The van der Waals surface area contributed by atoms with Crippen LogP contribution < -0.4 is 20.4 Å². The molecule has 0 atom stereocenters. The van der Waals surface area contributed by atoms with Crippen molar-refractivity contribution in [2.24, 2.45) is 0 Å². The molecule has 0 fully saturated rings. The molecule has 150 valence electrons. The highest BCUT2D eigenvalue weighted by Gasteiger charge is 2.05. The Labute approximate surface area is 173 Å². The van der Waals surface area contributed by atoms with Gasteiger partial charge in [0.15, 0.2) is 0 Å². The van der Waals surface area contributed by atoms with Gasteiger partial charge in [-0.2, -0.15) is 0 Å². The lowest BCUT2D eigenvalue weighted by Crippen LogP contribution is -2.28. The summed E-state index contributed by atoms with van der Waals surface area (Å²) >= 11 is 0. The molecule has 3 aromatic rings. The Kier molecular flexibility index (Phi) is 6.74. The van der Waals surface area contributed by atoms with Crippen LogP contribution in [0.2, 0.25) is 0 Å². The summed E-state index contributed by atoms with van der Waals surface area (Å²) in [6.07, 6.45) is 0. The molecule has 0 heterocycles. The van der Waals surface area contributed by atoms with E-state index in [0.717, 1.165) is 29.2 Å². The number of carbonyl (C=O) groups excluding carboxylic acids is 1. The van der Waals surface area contributed by atoms with Gasteiger partial charge < -0.3 is 20.4 Å². The molecule has 0 aliphatic rings. The number of rotatable bonds is 7. The van der Waals surface area contributed by atoms with Crippen LogP contribution in [0.15, 0.2) is 78.9 Å². The van der Waals surface area contributed by atoms with E-state index in [2.05, 4.69) is 40.8 Å². The van der Waals surface area contributed by atoms with Gasteiger partial charge in [0.1, 0.15) is 0 Å². The first-order valence-electron chi connectivity index (χ1n) is 9.67. The van der Waals surface area contributed by atoms with Gasteiger partial charge >= 0.3 is 6.03 Å². The van der Waals surface area contributed by atoms with Gasteiger partial charge in [-0.25, -0.2) is 4.79 Å². The summed E-state index contributed by atoms with van der Waals surface area (Å²) in [7, 11) is 6.06. The first kappa shape index (κ1) is 20.3. The third kappa shape index (κ3) is 6.01. The highest BCUT2D eigenvalue weighted by atomic mass is 16.2. The molecule has 29 heavy (non-hydrogen) atoms. The molecule has 5 nitrogen and oxygen atoms in total. The number of nitrogens with one attached hydrogen (secondary N) is 2. The molecular weight excluding hydrogens is 360 g/mol. The van der Waals surface area contributed by atoms with Gasteiger partial charge in [-0.05, 0) is 47.5 Å².